The fraction of sp³-hybridized carbons (Fsp3) is 0.429. The van der Waals surface area contributed by atoms with Gasteiger partial charge in [-0.1, -0.05) is 0 Å². The Morgan fingerprint density at radius 2 is 2.08 bits per heavy atom. The van der Waals surface area contributed by atoms with E-state index >= 15 is 0 Å². The number of halogens is 6. The maximum absolute atomic E-state index is 13.9. The molecule has 11 heteroatoms. The molecule has 0 saturated heterocycles. The number of hydrogen-bond donors (Lipinski definition) is 2. The molecule has 1 aliphatic rings. The Balaban J connectivity index is 2.32. The van der Waals surface area contributed by atoms with E-state index in [2.05, 4.69) is 9.73 Å². The minimum Gasteiger partial charge on any atom is -0.459 e. The van der Waals surface area contributed by atoms with E-state index < -0.39 is 54.0 Å². The third-order valence-electron chi connectivity index (χ3n) is 3.51. The molecule has 0 aromatic heterocycles. The predicted octanol–water partition coefficient (Wildman–Crippen LogP) is 2.98. The first-order valence-corrected chi connectivity index (χ1v) is 6.92. The van der Waals surface area contributed by atoms with Crippen molar-refractivity contribution < 1.29 is 35.9 Å². The molecule has 3 N–H and O–H groups in total. The van der Waals surface area contributed by atoms with Crippen molar-refractivity contribution >= 4 is 17.6 Å². The summed E-state index contributed by atoms with van der Waals surface area (Å²) >= 11 is 0. The molecule has 138 valence electrons. The summed E-state index contributed by atoms with van der Waals surface area (Å²) in [6.45, 7) is -0.495. The van der Waals surface area contributed by atoms with Crippen LogP contribution in [0.15, 0.2) is 23.2 Å². The molecule has 0 spiro atoms. The molecule has 1 heterocycles. The van der Waals surface area contributed by atoms with Gasteiger partial charge in [0, 0.05) is 11.3 Å². The van der Waals surface area contributed by atoms with Crippen LogP contribution in [0.5, 0.6) is 0 Å². The summed E-state index contributed by atoms with van der Waals surface area (Å²) in [4.78, 5) is 14.9. The third kappa shape index (κ3) is 4.15. The number of anilines is 1. The number of aliphatic imine (C=N–C) groups is 1. The Kier molecular flexibility index (Phi) is 4.87. The van der Waals surface area contributed by atoms with Crippen LogP contribution >= 0.6 is 0 Å². The highest BCUT2D eigenvalue weighted by molar-refractivity contribution is 5.92. The van der Waals surface area contributed by atoms with Crippen LogP contribution in [0.25, 0.3) is 0 Å². The van der Waals surface area contributed by atoms with Gasteiger partial charge in [-0.2, -0.15) is 13.2 Å². The van der Waals surface area contributed by atoms with Crippen LogP contribution < -0.4 is 11.1 Å². The van der Waals surface area contributed by atoms with E-state index in [9.17, 15) is 31.1 Å². The first kappa shape index (κ1) is 18.9. The van der Waals surface area contributed by atoms with Crippen molar-refractivity contribution in [2.75, 3.05) is 11.9 Å². The van der Waals surface area contributed by atoms with E-state index in [0.29, 0.717) is 6.92 Å². The maximum atomic E-state index is 13.9. The number of amides is 1. The van der Waals surface area contributed by atoms with Crippen LogP contribution in [0, 0.1) is 11.7 Å². The molecule has 1 aliphatic heterocycles. The van der Waals surface area contributed by atoms with Gasteiger partial charge in [0.2, 0.25) is 5.91 Å². The molecule has 2 rings (SSSR count). The van der Waals surface area contributed by atoms with Gasteiger partial charge in [0.25, 0.3) is 6.02 Å². The van der Waals surface area contributed by atoms with Crippen LogP contribution in [0.4, 0.5) is 32.0 Å². The van der Waals surface area contributed by atoms with Gasteiger partial charge in [0.1, 0.15) is 11.7 Å². The number of nitrogens with one attached hydrogen (secondary N) is 1. The summed E-state index contributed by atoms with van der Waals surface area (Å²) in [5.41, 5.74) is 4.30. The number of carbonyl (C=O) groups is 1. The van der Waals surface area contributed by atoms with Gasteiger partial charge in [-0.05, 0) is 25.1 Å². The molecule has 0 radical (unpaired) electrons. The summed E-state index contributed by atoms with van der Waals surface area (Å²) in [6, 6.07) is -0.129. The molecule has 5 nitrogen and oxygen atoms in total. The summed E-state index contributed by atoms with van der Waals surface area (Å²) < 4.78 is 83.7. The highest BCUT2D eigenvalue weighted by atomic mass is 19.4. The molecule has 1 aromatic rings. The number of rotatable bonds is 3. The monoisotopic (exact) mass is 369 g/mol. The zero-order chi connectivity index (χ0) is 19.0. The highest BCUT2D eigenvalue weighted by Crippen LogP contribution is 2.39. The lowest BCUT2D eigenvalue weighted by Crippen LogP contribution is -2.40. The number of hydrogen-bond acceptors (Lipinski definition) is 4. The van der Waals surface area contributed by atoms with E-state index in [0.717, 1.165) is 18.2 Å². The Labute approximate surface area is 137 Å². The number of amidine groups is 1. The highest BCUT2D eigenvalue weighted by Gasteiger charge is 2.46. The second-order valence-electron chi connectivity index (χ2n) is 5.41. The lowest BCUT2D eigenvalue weighted by Gasteiger charge is -2.28. The Morgan fingerprint density at radius 1 is 1.44 bits per heavy atom. The molecule has 2 atom stereocenters. The van der Waals surface area contributed by atoms with Gasteiger partial charge in [-0.3, -0.25) is 4.79 Å². The summed E-state index contributed by atoms with van der Waals surface area (Å²) in [5, 5.41) is 1.91. The standard InChI is InChI=1S/C14H13F6N3O2/c1-6(14(18,19)20)11(24)22-7-2-3-9(15)8(4-7)10-13(16,17)5-25-12(21)23-10/h2-4,6,10H,5H2,1H3,(H2,21,23)(H,22,24). The van der Waals surface area contributed by atoms with Crippen molar-refractivity contribution in [1.29, 1.82) is 0 Å². The molecule has 0 fully saturated rings. The quantitative estimate of drug-likeness (QED) is 0.805. The van der Waals surface area contributed by atoms with E-state index in [-0.39, 0.29) is 5.69 Å². The van der Waals surface area contributed by atoms with Crippen LogP contribution in [0.1, 0.15) is 18.5 Å². The van der Waals surface area contributed by atoms with E-state index in [1.807, 2.05) is 5.32 Å². The molecule has 1 amide bonds. The van der Waals surface area contributed by atoms with Crippen molar-refractivity contribution in [3.8, 4) is 0 Å². The van der Waals surface area contributed by atoms with Crippen molar-refractivity contribution in [3.05, 3.63) is 29.6 Å². The Bertz CT molecular complexity index is 704. The van der Waals surface area contributed by atoms with Crippen molar-refractivity contribution in [1.82, 2.24) is 0 Å². The molecule has 0 aliphatic carbocycles. The molecular formula is C14H13F6N3O2. The lowest BCUT2D eigenvalue weighted by molar-refractivity contribution is -0.175. The lowest BCUT2D eigenvalue weighted by atomic mass is 9.99. The van der Waals surface area contributed by atoms with Crippen LogP contribution in [0.2, 0.25) is 0 Å². The second kappa shape index (κ2) is 6.45. The minimum atomic E-state index is -4.78. The number of carbonyl (C=O) groups excluding carboxylic acids is 1. The van der Waals surface area contributed by atoms with Crippen LogP contribution in [0.3, 0.4) is 0 Å². The van der Waals surface area contributed by atoms with Crippen molar-refractivity contribution in [2.24, 2.45) is 16.6 Å². The first-order chi connectivity index (χ1) is 11.4. The van der Waals surface area contributed by atoms with Gasteiger partial charge < -0.3 is 15.8 Å². The average Bonchev–Trinajstić information content (AvgIpc) is 2.50. The first-order valence-electron chi connectivity index (χ1n) is 6.92. The third-order valence-corrected chi connectivity index (χ3v) is 3.51. The average molecular weight is 369 g/mol. The van der Waals surface area contributed by atoms with Crippen LogP contribution in [-0.2, 0) is 9.53 Å². The molecule has 2 unspecified atom stereocenters. The topological polar surface area (TPSA) is 76.7 Å². The SMILES string of the molecule is CC(C(=O)Nc1ccc(F)c(C2N=C(N)OCC2(F)F)c1)C(F)(F)F. The second-order valence-corrected chi connectivity index (χ2v) is 5.41. The Morgan fingerprint density at radius 3 is 2.68 bits per heavy atom. The fourth-order valence-corrected chi connectivity index (χ4v) is 2.04. The molecule has 0 saturated carbocycles. The number of benzene rings is 1. The normalized spacial score (nSPS) is 21.1. The largest absolute Gasteiger partial charge is 0.459 e. The molecule has 25 heavy (non-hydrogen) atoms. The van der Waals surface area contributed by atoms with E-state index in [4.69, 9.17) is 5.73 Å². The van der Waals surface area contributed by atoms with Gasteiger partial charge >= 0.3 is 12.1 Å². The van der Waals surface area contributed by atoms with Gasteiger partial charge in [-0.15, -0.1) is 0 Å². The number of ether oxygens (including phenoxy) is 1. The fourth-order valence-electron chi connectivity index (χ4n) is 2.04. The molecule has 1 aromatic carbocycles. The van der Waals surface area contributed by atoms with Gasteiger partial charge in [0.05, 0.1) is 0 Å². The number of alkyl halides is 5. The predicted molar refractivity (Wildman–Crippen MR) is 75.5 cm³/mol. The van der Waals surface area contributed by atoms with Gasteiger partial charge in [0.15, 0.2) is 12.6 Å². The molecular weight excluding hydrogens is 356 g/mol. The smallest absolute Gasteiger partial charge is 0.400 e. The summed E-state index contributed by atoms with van der Waals surface area (Å²) in [6.07, 6.45) is -4.78. The van der Waals surface area contributed by atoms with E-state index in [1.54, 1.807) is 0 Å². The van der Waals surface area contributed by atoms with Crippen LogP contribution in [-0.4, -0.2) is 30.6 Å². The molecule has 0 bridgehead atoms. The van der Waals surface area contributed by atoms with Crippen molar-refractivity contribution in [2.45, 2.75) is 25.1 Å². The minimum absolute atomic E-state index is 0.284. The Hall–Kier alpha value is -2.46. The summed E-state index contributed by atoms with van der Waals surface area (Å²) in [5.74, 6) is -8.41. The zero-order valence-electron chi connectivity index (χ0n) is 12.7. The number of nitrogens with two attached hydrogens (primary N) is 1. The van der Waals surface area contributed by atoms with Gasteiger partial charge in [-0.25, -0.2) is 18.2 Å². The van der Waals surface area contributed by atoms with E-state index in [1.165, 1.54) is 0 Å². The van der Waals surface area contributed by atoms with Crippen molar-refractivity contribution in [3.63, 3.8) is 0 Å². The number of nitrogens with zero attached hydrogens (tertiary/aromatic N) is 1. The maximum Gasteiger partial charge on any atom is 0.400 e. The zero-order valence-corrected chi connectivity index (χ0v) is 12.7. The summed E-state index contributed by atoms with van der Waals surface area (Å²) in [7, 11) is 0.